The molecule has 1 heterocycles. The van der Waals surface area contributed by atoms with Crippen molar-refractivity contribution in [3.05, 3.63) is 60.7 Å². The van der Waals surface area contributed by atoms with Crippen LogP contribution in [-0.4, -0.2) is 36.4 Å². The topological polar surface area (TPSA) is 33.1 Å². The number of aromatic nitrogens is 2. The van der Waals surface area contributed by atoms with Crippen LogP contribution in [0, 0.1) is 0 Å². The minimum Gasteiger partial charge on any atom is -0.339 e. The Balaban J connectivity index is 1.94. The lowest BCUT2D eigenvalue weighted by atomic mass is 10.1. The summed E-state index contributed by atoms with van der Waals surface area (Å²) in [6.45, 7) is 1.12. The van der Waals surface area contributed by atoms with E-state index in [0.29, 0.717) is 0 Å². The Morgan fingerprint density at radius 3 is 2.13 bits per heavy atom. The van der Waals surface area contributed by atoms with Gasteiger partial charge in [0, 0.05) is 11.1 Å². The minimum atomic E-state index is 0.990. The molecule has 0 spiro atoms. The molecule has 2 N–H and O–H groups in total. The Hall–Kier alpha value is -2.04. The highest BCUT2D eigenvalue weighted by atomic mass is 32.2. The van der Waals surface area contributed by atoms with Crippen LogP contribution in [0.3, 0.4) is 0 Å². The van der Waals surface area contributed by atoms with Crippen molar-refractivity contribution < 1.29 is 4.90 Å². The number of nitrogens with zero attached hydrogens (tertiary/aromatic N) is 1. The molecule has 3 aromatic rings. The zero-order valence-corrected chi connectivity index (χ0v) is 14.4. The van der Waals surface area contributed by atoms with Crippen LogP contribution in [0.25, 0.3) is 22.5 Å². The predicted octanol–water partition coefficient (Wildman–Crippen LogP) is 2.98. The molecule has 1 aromatic heterocycles. The van der Waals surface area contributed by atoms with Crippen LogP contribution >= 0.6 is 11.8 Å². The van der Waals surface area contributed by atoms with Crippen LogP contribution in [-0.2, 0) is 0 Å². The lowest BCUT2D eigenvalue weighted by Crippen LogP contribution is -3.06. The monoisotopic (exact) mass is 324 g/mol. The van der Waals surface area contributed by atoms with Gasteiger partial charge >= 0.3 is 0 Å². The summed E-state index contributed by atoms with van der Waals surface area (Å²) in [4.78, 5) is 9.82. The van der Waals surface area contributed by atoms with Gasteiger partial charge in [-0.05, 0) is 0 Å². The molecule has 0 aliphatic heterocycles. The van der Waals surface area contributed by atoms with Crippen molar-refractivity contribution in [3.63, 3.8) is 0 Å². The summed E-state index contributed by atoms with van der Waals surface area (Å²) in [6, 6.07) is 20.8. The minimum absolute atomic E-state index is 0.990. The van der Waals surface area contributed by atoms with Crippen LogP contribution < -0.4 is 4.90 Å². The first-order valence-electron chi connectivity index (χ1n) is 7.86. The first-order chi connectivity index (χ1) is 11.2. The maximum Gasteiger partial charge on any atom is 0.166 e. The van der Waals surface area contributed by atoms with Crippen LogP contribution in [0.1, 0.15) is 0 Å². The van der Waals surface area contributed by atoms with E-state index in [1.807, 2.05) is 12.1 Å². The van der Waals surface area contributed by atoms with E-state index in [2.05, 4.69) is 67.6 Å². The number of benzene rings is 2. The van der Waals surface area contributed by atoms with Gasteiger partial charge < -0.3 is 9.88 Å². The van der Waals surface area contributed by atoms with Crippen molar-refractivity contribution in [1.82, 2.24) is 9.97 Å². The molecular formula is C19H22N3S+. The first-order valence-corrected chi connectivity index (χ1v) is 8.85. The molecule has 0 unspecified atom stereocenters. The van der Waals surface area contributed by atoms with Crippen molar-refractivity contribution >= 4 is 11.8 Å². The van der Waals surface area contributed by atoms with E-state index >= 15 is 0 Å². The van der Waals surface area contributed by atoms with Gasteiger partial charge in [0.2, 0.25) is 0 Å². The largest absolute Gasteiger partial charge is 0.339 e. The first kappa shape index (κ1) is 15.8. The number of rotatable bonds is 6. The smallest absolute Gasteiger partial charge is 0.166 e. The molecule has 0 aliphatic rings. The molecule has 0 amide bonds. The second-order valence-electron chi connectivity index (χ2n) is 5.80. The van der Waals surface area contributed by atoms with Crippen LogP contribution in [0.2, 0.25) is 0 Å². The molecule has 3 rings (SSSR count). The summed E-state index contributed by atoms with van der Waals surface area (Å²) < 4.78 is 0. The van der Waals surface area contributed by atoms with Crippen molar-refractivity contribution in [3.8, 4) is 22.5 Å². The number of hydrogen-bond acceptors (Lipinski definition) is 2. The Morgan fingerprint density at radius 1 is 0.913 bits per heavy atom. The SMILES string of the molecule is C[NH+](C)CCSc1nc(-c2ccccc2)c(-c2ccccc2)[nH]1. The number of quaternary nitrogens is 1. The molecule has 0 radical (unpaired) electrons. The van der Waals surface area contributed by atoms with Crippen molar-refractivity contribution in [2.24, 2.45) is 0 Å². The van der Waals surface area contributed by atoms with E-state index in [4.69, 9.17) is 4.98 Å². The van der Waals surface area contributed by atoms with Gasteiger partial charge in [0.1, 0.15) is 0 Å². The molecular weight excluding hydrogens is 302 g/mol. The highest BCUT2D eigenvalue weighted by Crippen LogP contribution is 2.32. The summed E-state index contributed by atoms with van der Waals surface area (Å²) >= 11 is 1.79. The van der Waals surface area contributed by atoms with Crippen LogP contribution in [0.15, 0.2) is 65.8 Å². The summed E-state index contributed by atoms with van der Waals surface area (Å²) in [5.74, 6) is 1.05. The average molecular weight is 324 g/mol. The van der Waals surface area contributed by atoms with E-state index < -0.39 is 0 Å². The Morgan fingerprint density at radius 2 is 1.52 bits per heavy atom. The van der Waals surface area contributed by atoms with E-state index in [9.17, 15) is 0 Å². The fraction of sp³-hybridized carbons (Fsp3) is 0.211. The lowest BCUT2D eigenvalue weighted by Gasteiger charge is -2.04. The fourth-order valence-electron chi connectivity index (χ4n) is 2.39. The Bertz CT molecular complexity index is 679. The molecule has 0 atom stereocenters. The second-order valence-corrected chi connectivity index (χ2v) is 6.89. The highest BCUT2D eigenvalue weighted by molar-refractivity contribution is 7.99. The van der Waals surface area contributed by atoms with Gasteiger partial charge in [0.05, 0.1) is 37.8 Å². The third-order valence-electron chi connectivity index (χ3n) is 3.63. The number of thioether (sulfide) groups is 1. The van der Waals surface area contributed by atoms with Gasteiger partial charge in [-0.2, -0.15) is 0 Å². The summed E-state index contributed by atoms with van der Waals surface area (Å²) in [5, 5.41) is 0.990. The number of hydrogen-bond donors (Lipinski definition) is 2. The van der Waals surface area contributed by atoms with Gasteiger partial charge in [0.25, 0.3) is 0 Å². The summed E-state index contributed by atoms with van der Waals surface area (Å²) in [7, 11) is 4.35. The molecule has 0 aliphatic carbocycles. The number of imidazole rings is 1. The molecule has 23 heavy (non-hydrogen) atoms. The predicted molar refractivity (Wildman–Crippen MR) is 97.9 cm³/mol. The van der Waals surface area contributed by atoms with Crippen molar-refractivity contribution in [1.29, 1.82) is 0 Å². The Labute approximate surface area is 141 Å². The Kier molecular flexibility index (Phi) is 5.16. The normalized spacial score (nSPS) is 11.1. The average Bonchev–Trinajstić information content (AvgIpc) is 3.00. The van der Waals surface area contributed by atoms with E-state index in [-0.39, 0.29) is 0 Å². The highest BCUT2D eigenvalue weighted by Gasteiger charge is 2.14. The van der Waals surface area contributed by atoms with Crippen molar-refractivity contribution in [2.45, 2.75) is 5.16 Å². The van der Waals surface area contributed by atoms with Gasteiger partial charge in [-0.3, -0.25) is 0 Å². The zero-order chi connectivity index (χ0) is 16.1. The fourth-order valence-corrected chi connectivity index (χ4v) is 3.42. The van der Waals surface area contributed by atoms with Crippen LogP contribution in [0.5, 0.6) is 0 Å². The van der Waals surface area contributed by atoms with Gasteiger partial charge in [0.15, 0.2) is 5.16 Å². The van der Waals surface area contributed by atoms with E-state index in [1.165, 1.54) is 10.5 Å². The quantitative estimate of drug-likeness (QED) is 0.684. The molecule has 3 nitrogen and oxygen atoms in total. The van der Waals surface area contributed by atoms with Crippen LogP contribution in [0.4, 0.5) is 0 Å². The van der Waals surface area contributed by atoms with Gasteiger partial charge in [-0.1, -0.05) is 72.4 Å². The summed E-state index contributed by atoms with van der Waals surface area (Å²) in [6.07, 6.45) is 0. The molecule has 0 saturated carbocycles. The number of nitrogens with one attached hydrogen (secondary N) is 2. The third kappa shape index (κ3) is 4.03. The second kappa shape index (κ2) is 7.49. The standard InChI is InChI=1S/C19H21N3S/c1-22(2)13-14-23-19-20-17(15-9-5-3-6-10-15)18(21-19)16-11-7-4-8-12-16/h3-12H,13-14H2,1-2H3,(H,20,21)/p+1. The molecule has 0 saturated heterocycles. The van der Waals surface area contributed by atoms with Gasteiger partial charge in [-0.15, -0.1) is 0 Å². The molecule has 0 bridgehead atoms. The third-order valence-corrected chi connectivity index (χ3v) is 4.51. The lowest BCUT2D eigenvalue weighted by molar-refractivity contribution is -0.855. The maximum atomic E-state index is 4.85. The molecule has 118 valence electrons. The zero-order valence-electron chi connectivity index (χ0n) is 13.5. The number of H-pyrrole nitrogens is 1. The van der Waals surface area contributed by atoms with Gasteiger partial charge in [-0.25, -0.2) is 4.98 Å². The molecule has 2 aromatic carbocycles. The number of aromatic amines is 1. The summed E-state index contributed by atoms with van der Waals surface area (Å²) in [5.41, 5.74) is 4.43. The molecule has 0 fully saturated rings. The maximum absolute atomic E-state index is 4.85. The van der Waals surface area contributed by atoms with E-state index in [1.54, 1.807) is 11.8 Å². The molecule has 4 heteroatoms. The van der Waals surface area contributed by atoms with E-state index in [0.717, 1.165) is 34.4 Å². The van der Waals surface area contributed by atoms with Crippen molar-refractivity contribution in [2.75, 3.05) is 26.4 Å².